The van der Waals surface area contributed by atoms with E-state index in [9.17, 15) is 71.1 Å². The highest BCUT2D eigenvalue weighted by atomic mass is 19.4. The highest BCUT2D eigenvalue weighted by molar-refractivity contribution is 5.84. The molecule has 0 saturated heterocycles. The fourth-order valence-electron chi connectivity index (χ4n) is 2.89. The van der Waals surface area contributed by atoms with Gasteiger partial charge in [-0.15, -0.1) is 0 Å². The van der Waals surface area contributed by atoms with Gasteiger partial charge in [-0.2, -0.15) is 61.5 Å². The maximum absolute atomic E-state index is 13.7. The van der Waals surface area contributed by atoms with Crippen molar-refractivity contribution in [1.82, 2.24) is 0 Å². The second-order valence-electron chi connectivity index (χ2n) is 7.69. The van der Waals surface area contributed by atoms with Crippen LogP contribution in [-0.2, 0) is 19.1 Å². The van der Waals surface area contributed by atoms with Gasteiger partial charge in [0.05, 0.1) is 11.8 Å². The molecule has 0 aromatic carbocycles. The zero-order valence-electron chi connectivity index (χ0n) is 17.8. The quantitative estimate of drug-likeness (QED) is 0.204. The minimum Gasteiger partial charge on any atom is -0.456 e. The fraction of sp³-hybridized carbons (Fsp3) is 0.778. The molecule has 0 N–H and O–H groups in total. The molecule has 4 atom stereocenters. The second-order valence-corrected chi connectivity index (χ2v) is 7.69. The average Bonchev–Trinajstić information content (AvgIpc) is 2.71. The Morgan fingerprint density at radius 1 is 0.694 bits per heavy atom. The number of allylic oxidation sites excluding steroid dienone is 1. The monoisotopic (exact) mass is 562 g/mol. The van der Waals surface area contributed by atoms with Crippen LogP contribution in [0.5, 0.6) is 0 Å². The van der Waals surface area contributed by atoms with Crippen LogP contribution >= 0.6 is 0 Å². The zero-order valence-corrected chi connectivity index (χ0v) is 17.8. The van der Waals surface area contributed by atoms with E-state index in [4.69, 9.17) is 0 Å². The summed E-state index contributed by atoms with van der Waals surface area (Å²) in [6.07, 6.45) is -19.5. The van der Waals surface area contributed by atoms with E-state index in [1.165, 1.54) is 0 Å². The molecule has 210 valence electrons. The first kappa shape index (κ1) is 31.7. The maximum atomic E-state index is 13.7. The van der Waals surface area contributed by atoms with Gasteiger partial charge in [-0.1, -0.05) is 12.2 Å². The summed E-state index contributed by atoms with van der Waals surface area (Å²) in [7, 11) is 0. The van der Waals surface area contributed by atoms with Gasteiger partial charge in [-0.25, -0.2) is 0 Å². The first-order valence-electron chi connectivity index (χ1n) is 9.56. The second kappa shape index (κ2) is 9.87. The van der Waals surface area contributed by atoms with Gasteiger partial charge in [-0.3, -0.25) is 9.59 Å². The highest BCUT2D eigenvalue weighted by Gasteiger charge is 2.76. The molecule has 0 spiro atoms. The largest absolute Gasteiger partial charge is 0.460 e. The Morgan fingerprint density at radius 2 is 1.06 bits per heavy atom. The number of rotatable bonds is 8. The van der Waals surface area contributed by atoms with Crippen LogP contribution in [0.3, 0.4) is 0 Å². The summed E-state index contributed by atoms with van der Waals surface area (Å²) in [4.78, 5) is 24.3. The predicted molar refractivity (Wildman–Crippen MR) is 88.4 cm³/mol. The zero-order chi connectivity index (χ0) is 28.7. The molecule has 0 bridgehead atoms. The molecule has 0 saturated carbocycles. The van der Waals surface area contributed by atoms with Gasteiger partial charge in [-0.05, 0) is 26.7 Å². The molecule has 0 fully saturated rings. The number of carbonyl (C=O) groups is 2. The average molecular weight is 562 g/mol. The number of hydrogen-bond donors (Lipinski definition) is 0. The third kappa shape index (κ3) is 5.65. The summed E-state index contributed by atoms with van der Waals surface area (Å²) in [6.45, 7) is -0.0787. The Morgan fingerprint density at radius 3 is 1.42 bits per heavy atom. The van der Waals surface area contributed by atoms with Crippen molar-refractivity contribution in [1.29, 1.82) is 0 Å². The van der Waals surface area contributed by atoms with E-state index in [2.05, 4.69) is 9.47 Å². The van der Waals surface area contributed by atoms with Crippen LogP contribution in [0.15, 0.2) is 12.2 Å². The summed E-state index contributed by atoms with van der Waals surface area (Å²) in [5, 5.41) is 0. The van der Waals surface area contributed by atoms with Gasteiger partial charge < -0.3 is 9.47 Å². The number of alkyl halides is 14. The van der Waals surface area contributed by atoms with E-state index < -0.39 is 78.4 Å². The van der Waals surface area contributed by atoms with Gasteiger partial charge in [0.15, 0.2) is 12.2 Å². The fourth-order valence-corrected chi connectivity index (χ4v) is 2.89. The number of halogens is 14. The molecule has 1 aliphatic rings. The van der Waals surface area contributed by atoms with Crippen molar-refractivity contribution in [3.63, 3.8) is 0 Å². The smallest absolute Gasteiger partial charge is 0.456 e. The molecular weight excluding hydrogens is 546 g/mol. The van der Waals surface area contributed by atoms with E-state index in [0.717, 1.165) is 6.08 Å². The van der Waals surface area contributed by atoms with E-state index >= 15 is 0 Å². The number of carbonyl (C=O) groups excluding carboxylic acids is 2. The first-order valence-corrected chi connectivity index (χ1v) is 9.56. The lowest BCUT2D eigenvalue weighted by Crippen LogP contribution is -2.58. The van der Waals surface area contributed by atoms with Gasteiger partial charge >= 0.3 is 48.0 Å². The summed E-state index contributed by atoms with van der Waals surface area (Å²) in [6, 6.07) is 0. The van der Waals surface area contributed by atoms with Crippen molar-refractivity contribution in [3.05, 3.63) is 12.2 Å². The highest BCUT2D eigenvalue weighted by Crippen LogP contribution is 2.50. The summed E-state index contributed by atoms with van der Waals surface area (Å²) < 4.78 is 189. The summed E-state index contributed by atoms with van der Waals surface area (Å²) in [5.41, 5.74) is 0. The normalized spacial score (nSPS) is 22.1. The lowest BCUT2D eigenvalue weighted by Gasteiger charge is -2.34. The Labute approximate surface area is 192 Å². The van der Waals surface area contributed by atoms with E-state index in [0.29, 0.717) is 6.08 Å². The molecule has 0 amide bonds. The third-order valence-electron chi connectivity index (χ3n) is 5.15. The summed E-state index contributed by atoms with van der Waals surface area (Å²) in [5.74, 6) is -33.6. The van der Waals surface area contributed by atoms with Gasteiger partial charge in [0.2, 0.25) is 0 Å². The predicted octanol–water partition coefficient (Wildman–Crippen LogP) is 6.10. The van der Waals surface area contributed by atoms with Crippen LogP contribution in [0.4, 0.5) is 61.5 Å². The molecular formula is C18H16F14O4. The SMILES string of the molecule is CC(OC(=O)C1C=CCCC1C(=O)OC(C)C(F)(F)C(F)(F)C(F)(F)F)C(F)(F)C(F)(F)C(F)(F)F. The van der Waals surface area contributed by atoms with Gasteiger partial charge in [0.25, 0.3) is 0 Å². The molecule has 0 radical (unpaired) electrons. The molecule has 1 aliphatic carbocycles. The van der Waals surface area contributed by atoms with Gasteiger partial charge in [0, 0.05) is 0 Å². The molecule has 0 aromatic rings. The molecule has 36 heavy (non-hydrogen) atoms. The van der Waals surface area contributed by atoms with Crippen molar-refractivity contribution in [2.45, 2.75) is 74.9 Å². The maximum Gasteiger partial charge on any atom is 0.460 e. The first-order chi connectivity index (χ1) is 15.8. The lowest BCUT2D eigenvalue weighted by atomic mass is 9.84. The Bertz CT molecular complexity index is 846. The molecule has 4 unspecified atom stereocenters. The third-order valence-corrected chi connectivity index (χ3v) is 5.15. The molecule has 4 nitrogen and oxygen atoms in total. The van der Waals surface area contributed by atoms with Gasteiger partial charge in [0.1, 0.15) is 0 Å². The van der Waals surface area contributed by atoms with Crippen molar-refractivity contribution in [3.8, 4) is 0 Å². The van der Waals surface area contributed by atoms with Crippen LogP contribution in [-0.4, -0.2) is 60.2 Å². The van der Waals surface area contributed by atoms with Crippen LogP contribution in [0, 0.1) is 11.8 Å². The number of ether oxygens (including phenoxy) is 2. The minimum atomic E-state index is -6.77. The number of esters is 2. The summed E-state index contributed by atoms with van der Waals surface area (Å²) >= 11 is 0. The Kier molecular flexibility index (Phi) is 8.70. The standard InChI is InChI=1S/C18H16F14O4/c1-7(13(19,20)15(23,24)17(27,28)29)35-11(33)9-5-3-4-6-10(9)12(34)36-8(2)14(21,22)16(25,26)18(30,31)32/h3,5,7-10H,4,6H2,1-2H3. The molecule has 0 aliphatic heterocycles. The number of hydrogen-bond acceptors (Lipinski definition) is 4. The van der Waals surface area contributed by atoms with Crippen LogP contribution in [0.1, 0.15) is 26.7 Å². The van der Waals surface area contributed by atoms with Crippen molar-refractivity contribution < 1.29 is 80.5 Å². The molecule has 0 aromatic heterocycles. The Hall–Kier alpha value is -2.30. The van der Waals surface area contributed by atoms with E-state index in [1.807, 2.05) is 0 Å². The minimum absolute atomic E-state index is 0.0363. The molecule has 1 rings (SSSR count). The lowest BCUT2D eigenvalue weighted by molar-refractivity contribution is -0.370. The van der Waals surface area contributed by atoms with Crippen LogP contribution in [0.2, 0.25) is 0 Å². The topological polar surface area (TPSA) is 52.6 Å². The van der Waals surface area contributed by atoms with Crippen molar-refractivity contribution in [2.24, 2.45) is 11.8 Å². The Balaban J connectivity index is 3.09. The van der Waals surface area contributed by atoms with Crippen molar-refractivity contribution >= 4 is 11.9 Å². The van der Waals surface area contributed by atoms with Crippen LogP contribution in [0.25, 0.3) is 0 Å². The van der Waals surface area contributed by atoms with Crippen LogP contribution < -0.4 is 0 Å². The molecule has 18 heteroatoms. The van der Waals surface area contributed by atoms with Crippen molar-refractivity contribution in [2.75, 3.05) is 0 Å². The molecule has 0 heterocycles. The van der Waals surface area contributed by atoms with E-state index in [-0.39, 0.29) is 20.3 Å². The van der Waals surface area contributed by atoms with E-state index in [1.54, 1.807) is 0 Å².